The summed E-state index contributed by atoms with van der Waals surface area (Å²) < 4.78 is 14.7. The number of rotatable bonds is 4. The third-order valence-corrected chi connectivity index (χ3v) is 3.75. The highest BCUT2D eigenvalue weighted by atomic mass is 19.1. The van der Waals surface area contributed by atoms with Gasteiger partial charge in [0.2, 0.25) is 0 Å². The number of carbonyl (C=O) groups excluding carboxylic acids is 1. The van der Waals surface area contributed by atoms with Gasteiger partial charge < -0.3 is 5.32 Å². The number of benzene rings is 2. The molecule has 1 heterocycles. The van der Waals surface area contributed by atoms with E-state index in [1.54, 1.807) is 22.9 Å². The van der Waals surface area contributed by atoms with Crippen LogP contribution in [0.3, 0.4) is 0 Å². The van der Waals surface area contributed by atoms with Crippen LogP contribution in [0.5, 0.6) is 0 Å². The summed E-state index contributed by atoms with van der Waals surface area (Å²) in [6.45, 7) is 4.38. The van der Waals surface area contributed by atoms with Crippen LogP contribution >= 0.6 is 0 Å². The maximum absolute atomic E-state index is 13.0. The Morgan fingerprint density at radius 3 is 2.58 bits per heavy atom. The highest BCUT2D eigenvalue weighted by Gasteiger charge is 2.10. The molecule has 24 heavy (non-hydrogen) atoms. The fourth-order valence-corrected chi connectivity index (χ4v) is 2.47. The molecule has 0 spiro atoms. The zero-order chi connectivity index (χ0) is 17.1. The molecule has 0 saturated heterocycles. The minimum atomic E-state index is -0.262. The van der Waals surface area contributed by atoms with Crippen molar-refractivity contribution in [2.24, 2.45) is 0 Å². The molecular formula is C19H18FN3O. The fraction of sp³-hybridized carbons (Fsp3) is 0.158. The van der Waals surface area contributed by atoms with E-state index in [4.69, 9.17) is 0 Å². The summed E-state index contributed by atoms with van der Waals surface area (Å²) in [4.78, 5) is 12.3. The van der Waals surface area contributed by atoms with Crippen molar-refractivity contribution in [2.45, 2.75) is 20.4 Å². The first-order chi connectivity index (χ1) is 11.5. The van der Waals surface area contributed by atoms with Crippen LogP contribution < -0.4 is 5.32 Å². The Kier molecular flexibility index (Phi) is 4.42. The van der Waals surface area contributed by atoms with E-state index in [1.165, 1.54) is 12.1 Å². The van der Waals surface area contributed by atoms with Crippen LogP contribution in [-0.4, -0.2) is 15.7 Å². The Morgan fingerprint density at radius 2 is 1.88 bits per heavy atom. The Hall–Kier alpha value is -2.95. The quantitative estimate of drug-likeness (QED) is 0.790. The van der Waals surface area contributed by atoms with Gasteiger partial charge in [0.05, 0.1) is 6.54 Å². The molecule has 0 fully saturated rings. The third kappa shape index (κ3) is 3.68. The lowest BCUT2D eigenvalue weighted by Crippen LogP contribution is -2.13. The van der Waals surface area contributed by atoms with Crippen LogP contribution in [-0.2, 0) is 6.54 Å². The Labute approximate surface area is 139 Å². The molecule has 0 bridgehead atoms. The van der Waals surface area contributed by atoms with E-state index in [-0.39, 0.29) is 11.7 Å². The van der Waals surface area contributed by atoms with Crippen LogP contribution in [0.4, 0.5) is 10.2 Å². The number of halogens is 1. The summed E-state index contributed by atoms with van der Waals surface area (Å²) in [7, 11) is 0. The molecule has 0 radical (unpaired) electrons. The van der Waals surface area contributed by atoms with E-state index in [0.717, 1.165) is 16.8 Å². The predicted molar refractivity (Wildman–Crippen MR) is 91.6 cm³/mol. The third-order valence-electron chi connectivity index (χ3n) is 3.75. The van der Waals surface area contributed by atoms with Gasteiger partial charge in [0.15, 0.2) is 5.82 Å². The molecule has 1 N–H and O–H groups in total. The summed E-state index contributed by atoms with van der Waals surface area (Å²) in [5.41, 5.74) is 3.49. The van der Waals surface area contributed by atoms with E-state index < -0.39 is 0 Å². The van der Waals surface area contributed by atoms with Crippen LogP contribution in [0.2, 0.25) is 0 Å². The first-order valence-corrected chi connectivity index (χ1v) is 7.68. The van der Waals surface area contributed by atoms with Gasteiger partial charge in [-0.3, -0.25) is 9.48 Å². The predicted octanol–water partition coefficient (Wildman–Crippen LogP) is 3.94. The molecule has 1 amide bonds. The normalized spacial score (nSPS) is 10.6. The van der Waals surface area contributed by atoms with Crippen molar-refractivity contribution < 1.29 is 9.18 Å². The van der Waals surface area contributed by atoms with Crippen LogP contribution in [0.15, 0.2) is 54.6 Å². The number of hydrogen-bond acceptors (Lipinski definition) is 2. The van der Waals surface area contributed by atoms with Gasteiger partial charge in [0.25, 0.3) is 5.91 Å². The number of carbonyl (C=O) groups is 1. The number of aromatic nitrogens is 2. The Balaban J connectivity index is 1.74. The van der Waals surface area contributed by atoms with Gasteiger partial charge in [-0.2, -0.15) is 5.10 Å². The van der Waals surface area contributed by atoms with Gasteiger partial charge in [-0.1, -0.05) is 29.8 Å². The summed E-state index contributed by atoms with van der Waals surface area (Å²) in [5.74, 6) is 0.0493. The van der Waals surface area contributed by atoms with E-state index in [1.807, 2.05) is 38.1 Å². The van der Waals surface area contributed by atoms with Crippen molar-refractivity contribution in [3.8, 4) is 0 Å². The van der Waals surface area contributed by atoms with Gasteiger partial charge in [0, 0.05) is 17.3 Å². The van der Waals surface area contributed by atoms with E-state index in [0.29, 0.717) is 17.9 Å². The lowest BCUT2D eigenvalue weighted by molar-refractivity contribution is 0.102. The van der Waals surface area contributed by atoms with E-state index >= 15 is 0 Å². The van der Waals surface area contributed by atoms with Gasteiger partial charge in [-0.25, -0.2) is 4.39 Å². The van der Waals surface area contributed by atoms with Crippen molar-refractivity contribution in [1.29, 1.82) is 0 Å². The van der Waals surface area contributed by atoms with Gasteiger partial charge in [0.1, 0.15) is 5.82 Å². The molecule has 1 aromatic heterocycles. The number of aryl methyl sites for hydroxylation is 2. The maximum Gasteiger partial charge on any atom is 0.256 e. The van der Waals surface area contributed by atoms with Gasteiger partial charge in [-0.05, 0) is 43.7 Å². The van der Waals surface area contributed by atoms with Crippen LogP contribution in [0.25, 0.3) is 0 Å². The summed E-state index contributed by atoms with van der Waals surface area (Å²) >= 11 is 0. The van der Waals surface area contributed by atoms with Crippen molar-refractivity contribution in [3.05, 3.63) is 82.8 Å². The Bertz CT molecular complexity index is 869. The second kappa shape index (κ2) is 6.66. The van der Waals surface area contributed by atoms with Crippen molar-refractivity contribution in [1.82, 2.24) is 9.78 Å². The zero-order valence-electron chi connectivity index (χ0n) is 13.6. The monoisotopic (exact) mass is 323 g/mol. The highest BCUT2D eigenvalue weighted by Crippen LogP contribution is 2.13. The van der Waals surface area contributed by atoms with Gasteiger partial charge >= 0.3 is 0 Å². The number of amides is 1. The molecule has 0 unspecified atom stereocenters. The van der Waals surface area contributed by atoms with Crippen molar-refractivity contribution in [3.63, 3.8) is 0 Å². The minimum absolute atomic E-state index is 0.190. The van der Waals surface area contributed by atoms with Crippen molar-refractivity contribution >= 4 is 11.7 Å². The highest BCUT2D eigenvalue weighted by molar-refractivity contribution is 6.03. The standard InChI is InChI=1S/C19H18FN3O/c1-13-4-3-5-16(10-13)19(24)21-18-11-14(2)23(22-18)12-15-6-8-17(20)9-7-15/h3-11H,12H2,1-2H3,(H,21,22,24). The molecule has 0 aliphatic rings. The lowest BCUT2D eigenvalue weighted by atomic mass is 10.1. The average Bonchev–Trinajstić information content (AvgIpc) is 2.89. The fourth-order valence-electron chi connectivity index (χ4n) is 2.47. The number of hydrogen-bond donors (Lipinski definition) is 1. The molecule has 0 aliphatic carbocycles. The Morgan fingerprint density at radius 1 is 1.12 bits per heavy atom. The number of anilines is 1. The molecule has 0 saturated carbocycles. The molecule has 2 aromatic carbocycles. The second-order valence-corrected chi connectivity index (χ2v) is 5.78. The number of nitrogens with zero attached hydrogens (tertiary/aromatic N) is 2. The average molecular weight is 323 g/mol. The SMILES string of the molecule is Cc1cccc(C(=O)Nc2cc(C)n(Cc3ccc(F)cc3)n2)c1. The molecule has 4 nitrogen and oxygen atoms in total. The second-order valence-electron chi connectivity index (χ2n) is 5.78. The summed E-state index contributed by atoms with van der Waals surface area (Å²) in [5, 5.41) is 7.22. The maximum atomic E-state index is 13.0. The molecule has 0 aliphatic heterocycles. The molecule has 5 heteroatoms. The largest absolute Gasteiger partial charge is 0.305 e. The first kappa shape index (κ1) is 15.9. The van der Waals surface area contributed by atoms with Crippen LogP contribution in [0, 0.1) is 19.7 Å². The summed E-state index contributed by atoms with van der Waals surface area (Å²) in [6, 6.07) is 15.5. The first-order valence-electron chi connectivity index (χ1n) is 7.68. The van der Waals surface area contributed by atoms with E-state index in [2.05, 4.69) is 10.4 Å². The smallest absolute Gasteiger partial charge is 0.256 e. The topological polar surface area (TPSA) is 46.9 Å². The molecular weight excluding hydrogens is 305 g/mol. The summed E-state index contributed by atoms with van der Waals surface area (Å²) in [6.07, 6.45) is 0. The lowest BCUT2D eigenvalue weighted by Gasteiger charge is -2.05. The molecule has 3 rings (SSSR count). The van der Waals surface area contributed by atoms with Gasteiger partial charge in [-0.15, -0.1) is 0 Å². The van der Waals surface area contributed by atoms with E-state index in [9.17, 15) is 9.18 Å². The minimum Gasteiger partial charge on any atom is -0.305 e. The molecule has 0 atom stereocenters. The zero-order valence-corrected chi connectivity index (χ0v) is 13.6. The molecule has 3 aromatic rings. The van der Waals surface area contributed by atoms with Crippen LogP contribution in [0.1, 0.15) is 27.2 Å². The molecule has 122 valence electrons. The van der Waals surface area contributed by atoms with Crippen molar-refractivity contribution in [2.75, 3.05) is 5.32 Å². The number of nitrogens with one attached hydrogen (secondary N) is 1.